The van der Waals surface area contributed by atoms with E-state index in [1.807, 2.05) is 0 Å². The molecule has 2 aliphatic heterocycles. The molecule has 0 bridgehead atoms. The third-order valence-electron chi connectivity index (χ3n) is 5.38. The van der Waals surface area contributed by atoms with Gasteiger partial charge in [0.05, 0.1) is 12.2 Å². The number of aliphatic hydroxyl groups is 1. The van der Waals surface area contributed by atoms with E-state index in [1.165, 1.54) is 36.4 Å². The van der Waals surface area contributed by atoms with Crippen molar-refractivity contribution in [1.29, 1.82) is 0 Å². The lowest BCUT2D eigenvalue weighted by Crippen LogP contribution is -2.34. The minimum atomic E-state index is -4.57. The summed E-state index contributed by atoms with van der Waals surface area (Å²) >= 11 is 0. The first-order valence-electron chi connectivity index (χ1n) is 9.79. The Morgan fingerprint density at radius 2 is 1.24 bits per heavy atom. The second-order valence-electron chi connectivity index (χ2n) is 7.55. The highest BCUT2D eigenvalue weighted by Crippen LogP contribution is 2.43. The van der Waals surface area contributed by atoms with Gasteiger partial charge in [0, 0.05) is 5.56 Å². The molecule has 2 fully saturated rings. The van der Waals surface area contributed by atoms with E-state index in [4.69, 9.17) is 9.47 Å². The van der Waals surface area contributed by atoms with Gasteiger partial charge in [-0.15, -0.1) is 0 Å². The number of alkyl halides is 6. The predicted octanol–water partition coefficient (Wildman–Crippen LogP) is 2.20. The summed E-state index contributed by atoms with van der Waals surface area (Å²) in [5.74, 6) is -0.811. The van der Waals surface area contributed by atoms with Gasteiger partial charge in [0.2, 0.25) is 11.3 Å². The van der Waals surface area contributed by atoms with E-state index in [1.54, 1.807) is 0 Å². The van der Waals surface area contributed by atoms with Gasteiger partial charge in [-0.05, 0) is 23.3 Å². The summed E-state index contributed by atoms with van der Waals surface area (Å²) in [7, 11) is 0. The summed E-state index contributed by atoms with van der Waals surface area (Å²) in [6, 6.07) is 9.53. The third kappa shape index (κ3) is 4.47. The summed E-state index contributed by atoms with van der Waals surface area (Å²) in [4.78, 5) is 12.1. The number of benzene rings is 2. The van der Waals surface area contributed by atoms with Crippen LogP contribution in [0.15, 0.2) is 48.5 Å². The van der Waals surface area contributed by atoms with Crippen LogP contribution in [0.2, 0.25) is 0 Å². The Balaban J connectivity index is 1.24. The average Bonchev–Trinajstić information content (AvgIpc) is 3.69. The SMILES string of the molecule is O=C(OCCOC(O)c1ccc(C2(C(F)(F)F)NN2)cc1)c1ccc(C2(C(F)(F)F)NN2)cc1. The zero-order chi connectivity index (χ0) is 24.8. The predicted molar refractivity (Wildman–Crippen MR) is 102 cm³/mol. The summed E-state index contributed by atoms with van der Waals surface area (Å²) < 4.78 is 88.4. The van der Waals surface area contributed by atoms with E-state index in [9.17, 15) is 36.2 Å². The van der Waals surface area contributed by atoms with Gasteiger partial charge in [-0.3, -0.25) is 0 Å². The van der Waals surface area contributed by atoms with Crippen LogP contribution in [0.25, 0.3) is 0 Å². The van der Waals surface area contributed by atoms with E-state index in [2.05, 4.69) is 21.7 Å². The molecule has 2 aliphatic rings. The molecule has 2 aromatic rings. The number of hydrogen-bond acceptors (Lipinski definition) is 8. The van der Waals surface area contributed by atoms with Gasteiger partial charge >= 0.3 is 18.3 Å². The number of hydrogen-bond donors (Lipinski definition) is 5. The van der Waals surface area contributed by atoms with Crippen molar-refractivity contribution >= 4 is 5.97 Å². The maximum absolute atomic E-state index is 13.1. The fraction of sp³-hybridized carbons (Fsp3) is 0.350. The van der Waals surface area contributed by atoms with Crippen LogP contribution in [-0.2, 0) is 20.8 Å². The van der Waals surface area contributed by atoms with Crippen molar-refractivity contribution in [1.82, 2.24) is 21.7 Å². The molecule has 14 heteroatoms. The monoisotopic (exact) mass is 492 g/mol. The number of ether oxygens (including phenoxy) is 2. The molecule has 0 aromatic heterocycles. The minimum Gasteiger partial charge on any atom is -0.460 e. The highest BCUT2D eigenvalue weighted by Gasteiger charge is 2.66. The summed E-state index contributed by atoms with van der Waals surface area (Å²) in [6.45, 7) is -0.524. The van der Waals surface area contributed by atoms with E-state index in [-0.39, 0.29) is 35.5 Å². The molecule has 0 spiro atoms. The normalized spacial score (nSPS) is 19.4. The minimum absolute atomic E-state index is 0.0127. The van der Waals surface area contributed by atoms with Gasteiger partial charge in [-0.2, -0.15) is 26.3 Å². The van der Waals surface area contributed by atoms with Gasteiger partial charge in [-0.1, -0.05) is 36.4 Å². The molecule has 1 unspecified atom stereocenters. The molecule has 2 aromatic carbocycles. The number of nitrogens with one attached hydrogen (secondary N) is 4. The van der Waals surface area contributed by atoms with E-state index < -0.39 is 35.9 Å². The molecule has 8 nitrogen and oxygen atoms in total. The first kappa shape index (κ1) is 24.4. The van der Waals surface area contributed by atoms with Crippen LogP contribution >= 0.6 is 0 Å². The zero-order valence-corrected chi connectivity index (χ0v) is 17.1. The van der Waals surface area contributed by atoms with Gasteiger partial charge in [0.15, 0.2) is 6.29 Å². The Morgan fingerprint density at radius 1 is 0.794 bits per heavy atom. The molecule has 2 heterocycles. The summed E-state index contributed by atoms with van der Waals surface area (Å²) in [5.41, 5.74) is 3.56. The second kappa shape index (κ2) is 8.48. The van der Waals surface area contributed by atoms with Crippen molar-refractivity contribution in [2.24, 2.45) is 0 Å². The lowest BCUT2D eigenvalue weighted by molar-refractivity contribution is -0.166. The van der Waals surface area contributed by atoms with Crippen LogP contribution in [0, 0.1) is 0 Å². The maximum Gasteiger partial charge on any atom is 0.426 e. The lowest BCUT2D eigenvalue weighted by Gasteiger charge is -2.17. The van der Waals surface area contributed by atoms with E-state index in [0.29, 0.717) is 0 Å². The van der Waals surface area contributed by atoms with Gasteiger partial charge < -0.3 is 14.6 Å². The molecule has 0 saturated carbocycles. The number of rotatable bonds is 8. The molecule has 5 N–H and O–H groups in total. The van der Waals surface area contributed by atoms with Crippen LogP contribution in [0.1, 0.15) is 33.3 Å². The molecule has 0 aliphatic carbocycles. The standard InChI is InChI=1S/C20H18F6N4O4/c21-19(22,23)17(27-28-17)13-5-1-11(2-6-13)15(31)33-9-10-34-16(32)12-3-7-14(8-4-12)18(29-30-18)20(24,25)26/h1-8,15,27-31H,9-10H2. The maximum atomic E-state index is 13.1. The van der Waals surface area contributed by atoms with Crippen LogP contribution < -0.4 is 21.7 Å². The molecule has 0 radical (unpaired) electrons. The van der Waals surface area contributed by atoms with E-state index >= 15 is 0 Å². The highest BCUT2D eigenvalue weighted by molar-refractivity contribution is 5.89. The molecule has 2 saturated heterocycles. The van der Waals surface area contributed by atoms with Crippen LogP contribution in [0.3, 0.4) is 0 Å². The Labute approximate surface area is 188 Å². The number of carbonyl (C=O) groups excluding carboxylic acids is 1. The summed E-state index contributed by atoms with van der Waals surface area (Å²) in [5, 5.41) is 10.0. The first-order chi connectivity index (χ1) is 15.9. The number of carbonyl (C=O) groups is 1. The van der Waals surface area contributed by atoms with Crippen molar-refractivity contribution in [2.45, 2.75) is 30.0 Å². The van der Waals surface area contributed by atoms with Crippen molar-refractivity contribution in [3.63, 3.8) is 0 Å². The lowest BCUT2D eigenvalue weighted by atomic mass is 10.0. The molecule has 0 amide bonds. The number of aliphatic hydroxyl groups excluding tert-OH is 1. The third-order valence-corrected chi connectivity index (χ3v) is 5.38. The molecular formula is C20H18F6N4O4. The van der Waals surface area contributed by atoms with Crippen molar-refractivity contribution in [3.8, 4) is 0 Å². The summed E-state index contributed by atoms with van der Waals surface area (Å²) in [6.07, 6.45) is -10.6. The smallest absolute Gasteiger partial charge is 0.426 e. The number of halogens is 6. The van der Waals surface area contributed by atoms with Crippen molar-refractivity contribution in [2.75, 3.05) is 13.2 Å². The topological polar surface area (TPSA) is 144 Å². The first-order valence-corrected chi connectivity index (χ1v) is 9.79. The average molecular weight is 492 g/mol. The van der Waals surface area contributed by atoms with Gasteiger partial charge in [0.25, 0.3) is 0 Å². The van der Waals surface area contributed by atoms with Crippen LogP contribution in [-0.4, -0.2) is 36.6 Å². The van der Waals surface area contributed by atoms with Gasteiger partial charge in [0.1, 0.15) is 6.61 Å². The van der Waals surface area contributed by atoms with Crippen molar-refractivity contribution < 1.29 is 45.7 Å². The highest BCUT2D eigenvalue weighted by atomic mass is 19.4. The van der Waals surface area contributed by atoms with Crippen LogP contribution in [0.4, 0.5) is 26.3 Å². The van der Waals surface area contributed by atoms with E-state index in [0.717, 1.165) is 12.1 Å². The Kier molecular flexibility index (Phi) is 6.08. The zero-order valence-electron chi connectivity index (χ0n) is 17.1. The van der Waals surface area contributed by atoms with Gasteiger partial charge in [-0.25, -0.2) is 26.5 Å². The molecule has 184 valence electrons. The van der Waals surface area contributed by atoms with Crippen LogP contribution in [0.5, 0.6) is 0 Å². The number of esters is 1. The largest absolute Gasteiger partial charge is 0.460 e. The fourth-order valence-corrected chi connectivity index (χ4v) is 3.25. The quantitative estimate of drug-likeness (QED) is 0.124. The Bertz CT molecular complexity index is 1040. The fourth-order valence-electron chi connectivity index (χ4n) is 3.25. The molecular weight excluding hydrogens is 474 g/mol. The number of hydrazine groups is 2. The second-order valence-corrected chi connectivity index (χ2v) is 7.55. The molecule has 4 rings (SSSR count). The Hall–Kier alpha value is -2.75. The van der Waals surface area contributed by atoms with Crippen molar-refractivity contribution in [3.05, 3.63) is 70.8 Å². The molecule has 1 atom stereocenters. The Morgan fingerprint density at radius 3 is 1.65 bits per heavy atom. The molecule has 34 heavy (non-hydrogen) atoms.